The lowest BCUT2D eigenvalue weighted by atomic mass is 9.70. The molecule has 0 radical (unpaired) electrons. The first-order valence-corrected chi connectivity index (χ1v) is 11.3. The maximum Gasteiger partial charge on any atom is 0.122 e. The lowest BCUT2D eigenvalue weighted by Crippen LogP contribution is -2.32. The maximum atomic E-state index is 10.1. The van der Waals surface area contributed by atoms with Gasteiger partial charge in [-0.3, -0.25) is 0 Å². The number of benzene rings is 2. The minimum Gasteiger partial charge on any atom is -0.497 e. The zero-order chi connectivity index (χ0) is 23.0. The number of nitrogens with zero attached hydrogens (tertiary/aromatic N) is 2. The van der Waals surface area contributed by atoms with Crippen LogP contribution < -0.4 is 9.47 Å². The van der Waals surface area contributed by atoms with Crippen LogP contribution in [0.1, 0.15) is 37.8 Å². The Morgan fingerprint density at radius 3 is 2.16 bits per heavy atom. The minimum atomic E-state index is -0.588. The summed E-state index contributed by atoms with van der Waals surface area (Å²) in [4.78, 5) is 2.29. The van der Waals surface area contributed by atoms with Crippen molar-refractivity contribution in [3.05, 3.63) is 57.6 Å². The number of halogens is 2. The molecule has 168 valence electrons. The van der Waals surface area contributed by atoms with Crippen molar-refractivity contribution in [3.63, 3.8) is 0 Å². The fourth-order valence-corrected chi connectivity index (χ4v) is 4.16. The van der Waals surface area contributed by atoms with Gasteiger partial charge in [-0.1, -0.05) is 43.1 Å². The van der Waals surface area contributed by atoms with Crippen molar-refractivity contribution in [2.45, 2.75) is 38.5 Å². The molecule has 0 aromatic heterocycles. The maximum absolute atomic E-state index is 10.1. The lowest BCUT2D eigenvalue weighted by Gasteiger charge is -2.32. The molecule has 0 aliphatic rings. The number of likely N-dealkylation sites (N-methyl/N-ethyl adjacent to an activating group) is 1. The molecule has 0 spiro atoms. The zero-order valence-corrected chi connectivity index (χ0v) is 20.6. The first-order valence-electron chi connectivity index (χ1n) is 10.5. The van der Waals surface area contributed by atoms with Crippen molar-refractivity contribution in [1.82, 2.24) is 4.90 Å². The van der Waals surface area contributed by atoms with Gasteiger partial charge in [0.2, 0.25) is 0 Å². The van der Waals surface area contributed by atoms with Crippen LogP contribution in [0.25, 0.3) is 0 Å². The normalized spacial score (nSPS) is 13.2. The summed E-state index contributed by atoms with van der Waals surface area (Å²) >= 11 is 12.3. The van der Waals surface area contributed by atoms with Crippen molar-refractivity contribution in [3.8, 4) is 17.6 Å². The van der Waals surface area contributed by atoms with E-state index in [9.17, 15) is 5.26 Å². The van der Waals surface area contributed by atoms with Crippen LogP contribution in [0.2, 0.25) is 10.0 Å². The molecule has 0 unspecified atom stereocenters. The van der Waals surface area contributed by atoms with Crippen LogP contribution in [0.4, 0.5) is 0 Å². The Morgan fingerprint density at radius 2 is 1.65 bits per heavy atom. The molecule has 0 N–H and O–H groups in total. The number of hydrogen-bond donors (Lipinski definition) is 0. The zero-order valence-electron chi connectivity index (χ0n) is 19.0. The summed E-state index contributed by atoms with van der Waals surface area (Å²) in [7, 11) is 5.43. The van der Waals surface area contributed by atoms with E-state index in [2.05, 4.69) is 31.9 Å². The second-order valence-corrected chi connectivity index (χ2v) is 9.06. The van der Waals surface area contributed by atoms with Gasteiger partial charge in [0, 0.05) is 12.6 Å². The molecular weight excluding hydrogens is 431 g/mol. The van der Waals surface area contributed by atoms with Gasteiger partial charge in [-0.25, -0.2) is 0 Å². The smallest absolute Gasteiger partial charge is 0.122 e. The summed E-state index contributed by atoms with van der Waals surface area (Å²) < 4.78 is 10.7. The molecule has 31 heavy (non-hydrogen) atoms. The predicted molar refractivity (Wildman–Crippen MR) is 129 cm³/mol. The Bertz CT molecular complexity index is 889. The van der Waals surface area contributed by atoms with Crippen molar-refractivity contribution >= 4 is 23.2 Å². The van der Waals surface area contributed by atoms with Crippen molar-refractivity contribution in [2.24, 2.45) is 5.92 Å². The third kappa shape index (κ3) is 6.53. The molecule has 0 aliphatic heterocycles. The Balaban J connectivity index is 1.99. The van der Waals surface area contributed by atoms with Gasteiger partial charge >= 0.3 is 0 Å². The van der Waals surface area contributed by atoms with E-state index < -0.39 is 5.41 Å². The molecule has 2 aromatic carbocycles. The molecule has 0 fully saturated rings. The van der Waals surface area contributed by atoms with Gasteiger partial charge in [0.15, 0.2) is 0 Å². The molecule has 2 aromatic rings. The van der Waals surface area contributed by atoms with Gasteiger partial charge in [-0.15, -0.1) is 0 Å². The number of rotatable bonds is 11. The standard InChI is InChI=1S/C25H32Cl2N2O2/c1-18(2)25(17-28,20-7-8-23(26)24(27)15-20)10-6-11-29(3)12-9-19-13-21(30-4)16-22(14-19)31-5/h7-8,13-16,18H,6,9-12H2,1-5H3/t25-/m0/s1. The van der Waals surface area contributed by atoms with E-state index in [1.807, 2.05) is 30.3 Å². The second-order valence-electron chi connectivity index (χ2n) is 8.24. The van der Waals surface area contributed by atoms with E-state index in [1.165, 1.54) is 5.56 Å². The van der Waals surface area contributed by atoms with E-state index in [4.69, 9.17) is 32.7 Å². The number of methoxy groups -OCH3 is 2. The van der Waals surface area contributed by atoms with Crippen molar-refractivity contribution in [1.29, 1.82) is 5.26 Å². The lowest BCUT2D eigenvalue weighted by molar-refractivity contribution is 0.293. The minimum absolute atomic E-state index is 0.157. The molecule has 0 heterocycles. The summed E-state index contributed by atoms with van der Waals surface area (Å²) in [6, 6.07) is 14.1. The van der Waals surface area contributed by atoms with Gasteiger partial charge in [0.25, 0.3) is 0 Å². The highest BCUT2D eigenvalue weighted by atomic mass is 35.5. The Kier molecular flexibility index (Phi) is 9.50. The van der Waals surface area contributed by atoms with Crippen LogP contribution in [-0.4, -0.2) is 39.3 Å². The van der Waals surface area contributed by atoms with Gasteiger partial charge in [0.1, 0.15) is 11.5 Å². The highest BCUT2D eigenvalue weighted by Crippen LogP contribution is 2.39. The first-order chi connectivity index (χ1) is 14.7. The third-order valence-electron chi connectivity index (χ3n) is 5.92. The third-order valence-corrected chi connectivity index (χ3v) is 6.66. The molecule has 0 saturated heterocycles. The Labute approximate surface area is 196 Å². The Hall–Kier alpha value is -1.93. The van der Waals surface area contributed by atoms with Crippen molar-refractivity contribution in [2.75, 3.05) is 34.4 Å². The van der Waals surface area contributed by atoms with Gasteiger partial charge < -0.3 is 14.4 Å². The van der Waals surface area contributed by atoms with Crippen LogP contribution in [0, 0.1) is 17.2 Å². The average Bonchev–Trinajstić information content (AvgIpc) is 2.76. The van der Waals surface area contributed by atoms with E-state index in [-0.39, 0.29) is 5.92 Å². The molecule has 0 bridgehead atoms. The highest BCUT2D eigenvalue weighted by molar-refractivity contribution is 6.42. The highest BCUT2D eigenvalue weighted by Gasteiger charge is 2.36. The first kappa shape index (κ1) is 25.3. The molecule has 0 amide bonds. The molecule has 4 nitrogen and oxygen atoms in total. The van der Waals surface area contributed by atoms with Crippen LogP contribution >= 0.6 is 23.2 Å². The topological polar surface area (TPSA) is 45.5 Å². The van der Waals surface area contributed by atoms with Crippen LogP contribution in [0.3, 0.4) is 0 Å². The summed E-state index contributed by atoms with van der Waals surface area (Å²) in [5, 5.41) is 11.1. The quantitative estimate of drug-likeness (QED) is 0.388. The molecule has 0 aliphatic carbocycles. The number of nitriles is 1. The fraction of sp³-hybridized carbons (Fsp3) is 0.480. The predicted octanol–water partition coefficient (Wildman–Crippen LogP) is 6.38. The van der Waals surface area contributed by atoms with Gasteiger partial charge in [-0.05, 0) is 74.2 Å². The second kappa shape index (κ2) is 11.6. The van der Waals surface area contributed by atoms with E-state index in [1.54, 1.807) is 20.3 Å². The summed E-state index contributed by atoms with van der Waals surface area (Å²) in [6.07, 6.45) is 2.56. The van der Waals surface area contributed by atoms with E-state index >= 15 is 0 Å². The molecule has 2 rings (SSSR count). The largest absolute Gasteiger partial charge is 0.497 e. The van der Waals surface area contributed by atoms with Crippen LogP contribution in [0.15, 0.2) is 36.4 Å². The molecular formula is C25H32Cl2N2O2. The summed E-state index contributed by atoms with van der Waals surface area (Å²) in [6.45, 7) is 5.99. The summed E-state index contributed by atoms with van der Waals surface area (Å²) in [5.41, 5.74) is 1.52. The summed E-state index contributed by atoms with van der Waals surface area (Å²) in [5.74, 6) is 1.76. The average molecular weight is 463 g/mol. The monoisotopic (exact) mass is 462 g/mol. The van der Waals surface area contributed by atoms with Crippen LogP contribution in [0.5, 0.6) is 11.5 Å². The van der Waals surface area contributed by atoms with Gasteiger partial charge in [0.05, 0.1) is 35.7 Å². The Morgan fingerprint density at radius 1 is 1.00 bits per heavy atom. The molecule has 6 heteroatoms. The number of hydrogen-bond acceptors (Lipinski definition) is 4. The number of ether oxygens (including phenoxy) is 2. The van der Waals surface area contributed by atoms with Crippen LogP contribution in [-0.2, 0) is 11.8 Å². The van der Waals surface area contributed by atoms with E-state index in [0.717, 1.165) is 49.4 Å². The molecule has 1 atom stereocenters. The van der Waals surface area contributed by atoms with Gasteiger partial charge in [-0.2, -0.15) is 5.26 Å². The fourth-order valence-electron chi connectivity index (χ4n) is 3.86. The van der Waals surface area contributed by atoms with E-state index in [0.29, 0.717) is 10.0 Å². The molecule has 0 saturated carbocycles. The SMILES string of the molecule is COc1cc(CCN(C)CCC[C@@](C#N)(c2ccc(Cl)c(Cl)c2)C(C)C)cc(OC)c1. The van der Waals surface area contributed by atoms with Crippen molar-refractivity contribution < 1.29 is 9.47 Å².